The molecule has 0 bridgehead atoms. The molecule has 0 saturated carbocycles. The lowest BCUT2D eigenvalue weighted by molar-refractivity contribution is 0.168. The first-order valence-electron chi connectivity index (χ1n) is 10.1. The third kappa shape index (κ3) is 5.03. The van der Waals surface area contributed by atoms with Crippen LogP contribution in [0, 0.1) is 0 Å². The molecule has 4 aromatic rings. The molecule has 0 aliphatic heterocycles. The van der Waals surface area contributed by atoms with Gasteiger partial charge < -0.3 is 25.3 Å². The first-order chi connectivity index (χ1) is 15.3. The number of aromatic nitrogens is 1. The van der Waals surface area contributed by atoms with Crippen LogP contribution in [0.5, 0.6) is 11.5 Å². The molecule has 8 nitrogen and oxygen atoms in total. The number of H-pyrrole nitrogens is 1. The number of nitrogens with two attached hydrogens (primary N) is 1. The Bertz CT molecular complexity index is 1350. The second-order valence-electron chi connectivity index (χ2n) is 7.61. The van der Waals surface area contributed by atoms with Crippen LogP contribution in [0.3, 0.4) is 0 Å². The quantitative estimate of drug-likeness (QED) is 0.246. The molecule has 1 atom stereocenters. The molecule has 9 heteroatoms. The van der Waals surface area contributed by atoms with Gasteiger partial charge in [0.2, 0.25) is 10.0 Å². The summed E-state index contributed by atoms with van der Waals surface area (Å²) in [5.41, 5.74) is 2.47. The molecule has 1 heterocycles. The van der Waals surface area contributed by atoms with Crippen molar-refractivity contribution in [2.75, 3.05) is 19.7 Å². The maximum Gasteiger partial charge on any atom is 0.213 e. The van der Waals surface area contributed by atoms with Crippen molar-refractivity contribution in [2.24, 2.45) is 5.14 Å². The number of sulfonamides is 1. The van der Waals surface area contributed by atoms with Crippen molar-refractivity contribution in [3.8, 4) is 11.5 Å². The van der Waals surface area contributed by atoms with Gasteiger partial charge in [-0.05, 0) is 18.2 Å². The van der Waals surface area contributed by atoms with E-state index in [1.165, 1.54) is 11.5 Å². The second-order valence-corrected chi connectivity index (χ2v) is 9.22. The number of phenols is 1. The maximum absolute atomic E-state index is 11.3. The third-order valence-electron chi connectivity index (χ3n) is 5.23. The zero-order valence-corrected chi connectivity index (χ0v) is 18.1. The van der Waals surface area contributed by atoms with Crippen LogP contribution >= 0.6 is 0 Å². The van der Waals surface area contributed by atoms with Crippen LogP contribution in [0.25, 0.3) is 21.8 Å². The SMILES string of the molecule is NS(=O)(=O)Cc1cccc(C(O)CNCCOc2ccc3c(c2)[nH]c2ccccc23)c1O. The lowest BCUT2D eigenvalue weighted by Gasteiger charge is -2.16. The van der Waals surface area contributed by atoms with Gasteiger partial charge >= 0.3 is 0 Å². The number of benzene rings is 3. The van der Waals surface area contributed by atoms with Gasteiger partial charge in [-0.15, -0.1) is 0 Å². The number of para-hydroxylation sites is 2. The molecule has 3 aromatic carbocycles. The number of rotatable bonds is 9. The minimum Gasteiger partial charge on any atom is -0.507 e. The van der Waals surface area contributed by atoms with E-state index in [0.717, 1.165) is 22.2 Å². The Morgan fingerprint density at radius 1 is 1.03 bits per heavy atom. The smallest absolute Gasteiger partial charge is 0.213 e. The minimum atomic E-state index is -3.79. The van der Waals surface area contributed by atoms with Crippen LogP contribution in [-0.4, -0.2) is 43.3 Å². The van der Waals surface area contributed by atoms with Crippen molar-refractivity contribution in [3.63, 3.8) is 0 Å². The molecule has 32 heavy (non-hydrogen) atoms. The summed E-state index contributed by atoms with van der Waals surface area (Å²) in [6.07, 6.45) is -1.02. The molecule has 6 N–H and O–H groups in total. The van der Waals surface area contributed by atoms with Crippen molar-refractivity contribution in [1.29, 1.82) is 0 Å². The molecular formula is C23H25N3O5S. The fraction of sp³-hybridized carbons (Fsp3) is 0.217. The number of nitrogens with one attached hydrogen (secondary N) is 2. The Hall–Kier alpha value is -3.11. The molecule has 1 aromatic heterocycles. The summed E-state index contributed by atoms with van der Waals surface area (Å²) in [5.74, 6) is -0.0278. The van der Waals surface area contributed by atoms with E-state index in [-0.39, 0.29) is 23.4 Å². The number of aromatic hydroxyl groups is 1. The van der Waals surface area contributed by atoms with E-state index in [2.05, 4.69) is 16.4 Å². The van der Waals surface area contributed by atoms with Gasteiger partial charge in [-0.25, -0.2) is 13.6 Å². The van der Waals surface area contributed by atoms with Gasteiger partial charge in [-0.2, -0.15) is 0 Å². The highest BCUT2D eigenvalue weighted by Crippen LogP contribution is 2.29. The number of aliphatic hydroxyl groups excluding tert-OH is 1. The summed E-state index contributed by atoms with van der Waals surface area (Å²) in [6.45, 7) is 1.02. The van der Waals surface area contributed by atoms with Crippen molar-refractivity contribution in [3.05, 3.63) is 71.8 Å². The first kappa shape index (κ1) is 22.1. The molecule has 0 aliphatic carbocycles. The lowest BCUT2D eigenvalue weighted by Crippen LogP contribution is -2.26. The van der Waals surface area contributed by atoms with E-state index in [1.807, 2.05) is 36.4 Å². The van der Waals surface area contributed by atoms with Crippen molar-refractivity contribution in [2.45, 2.75) is 11.9 Å². The van der Waals surface area contributed by atoms with Crippen LogP contribution in [0.2, 0.25) is 0 Å². The molecule has 0 saturated heterocycles. The predicted molar refractivity (Wildman–Crippen MR) is 124 cm³/mol. The second kappa shape index (κ2) is 9.17. The summed E-state index contributed by atoms with van der Waals surface area (Å²) in [7, 11) is -3.79. The normalized spacial score (nSPS) is 12.9. The van der Waals surface area contributed by atoms with E-state index in [0.29, 0.717) is 13.2 Å². The molecule has 1 unspecified atom stereocenters. The summed E-state index contributed by atoms with van der Waals surface area (Å²) in [5, 5.41) is 31.1. The van der Waals surface area contributed by atoms with Gasteiger partial charge in [0.05, 0.1) is 17.4 Å². The number of aliphatic hydroxyl groups is 1. The molecule has 168 valence electrons. The zero-order chi connectivity index (χ0) is 22.7. The number of fused-ring (bicyclic) bond motifs is 3. The highest BCUT2D eigenvalue weighted by Gasteiger charge is 2.17. The van der Waals surface area contributed by atoms with Crippen LogP contribution in [-0.2, 0) is 15.8 Å². The predicted octanol–water partition coefficient (Wildman–Crippen LogP) is 2.52. The first-order valence-corrected chi connectivity index (χ1v) is 11.9. The molecule has 4 rings (SSSR count). The molecule has 0 aliphatic rings. The highest BCUT2D eigenvalue weighted by molar-refractivity contribution is 7.88. The Labute approximate surface area is 185 Å². The molecule has 0 fully saturated rings. The number of hydrogen-bond acceptors (Lipinski definition) is 6. The van der Waals surface area contributed by atoms with E-state index >= 15 is 0 Å². The van der Waals surface area contributed by atoms with Crippen LogP contribution in [0.15, 0.2) is 60.7 Å². The van der Waals surface area contributed by atoms with Gasteiger partial charge in [0.25, 0.3) is 0 Å². The average molecular weight is 456 g/mol. The maximum atomic E-state index is 11.3. The van der Waals surface area contributed by atoms with Crippen LogP contribution < -0.4 is 15.2 Å². The molecule has 0 spiro atoms. The number of ether oxygens (including phenoxy) is 1. The van der Waals surface area contributed by atoms with Crippen LogP contribution in [0.4, 0.5) is 0 Å². The topological polar surface area (TPSA) is 138 Å². The van der Waals surface area contributed by atoms with Crippen molar-refractivity contribution in [1.82, 2.24) is 10.3 Å². The van der Waals surface area contributed by atoms with Gasteiger partial charge in [-0.3, -0.25) is 0 Å². The minimum absolute atomic E-state index is 0.153. The fourth-order valence-electron chi connectivity index (χ4n) is 3.73. The standard InChI is InChI=1S/C23H25N3O5S/c24-32(29,30)14-15-4-3-6-19(23(15)28)22(27)13-25-10-11-31-16-8-9-18-17-5-1-2-7-20(17)26-21(18)12-16/h1-9,12,22,25-28H,10-11,13-14H2,(H2,24,29,30). The number of hydrogen-bond donors (Lipinski definition) is 5. The number of primary sulfonamides is 1. The largest absolute Gasteiger partial charge is 0.507 e. The van der Waals surface area contributed by atoms with Crippen molar-refractivity contribution >= 4 is 31.8 Å². The Morgan fingerprint density at radius 3 is 2.62 bits per heavy atom. The number of aromatic amines is 1. The summed E-state index contributed by atoms with van der Waals surface area (Å²) in [4.78, 5) is 3.38. The van der Waals surface area contributed by atoms with E-state index in [4.69, 9.17) is 9.88 Å². The van der Waals surface area contributed by atoms with E-state index in [1.54, 1.807) is 12.1 Å². The van der Waals surface area contributed by atoms with Gasteiger partial charge in [0.1, 0.15) is 18.1 Å². The van der Waals surface area contributed by atoms with Gasteiger partial charge in [-0.1, -0.05) is 36.4 Å². The fourth-order valence-corrected chi connectivity index (χ4v) is 4.39. The van der Waals surface area contributed by atoms with E-state index in [9.17, 15) is 18.6 Å². The summed E-state index contributed by atoms with van der Waals surface area (Å²) >= 11 is 0. The highest BCUT2D eigenvalue weighted by atomic mass is 32.2. The summed E-state index contributed by atoms with van der Waals surface area (Å²) < 4.78 is 28.4. The molecule has 0 amide bonds. The Balaban J connectivity index is 1.30. The average Bonchev–Trinajstić information content (AvgIpc) is 3.11. The van der Waals surface area contributed by atoms with Gasteiger partial charge in [0, 0.05) is 46.6 Å². The number of phenolic OH excluding ortho intramolecular Hbond substituents is 1. The van der Waals surface area contributed by atoms with Crippen LogP contribution in [0.1, 0.15) is 17.2 Å². The monoisotopic (exact) mass is 455 g/mol. The third-order valence-corrected chi connectivity index (χ3v) is 5.94. The molecular weight excluding hydrogens is 430 g/mol. The van der Waals surface area contributed by atoms with Gasteiger partial charge in [0.15, 0.2) is 0 Å². The Morgan fingerprint density at radius 2 is 1.81 bits per heavy atom. The molecule has 0 radical (unpaired) electrons. The van der Waals surface area contributed by atoms with E-state index < -0.39 is 21.9 Å². The Kier molecular flexibility index (Phi) is 6.33. The lowest BCUT2D eigenvalue weighted by atomic mass is 10.0. The van der Waals surface area contributed by atoms with Crippen molar-refractivity contribution < 1.29 is 23.4 Å². The summed E-state index contributed by atoms with van der Waals surface area (Å²) in [6, 6.07) is 18.6. The zero-order valence-electron chi connectivity index (χ0n) is 17.3.